The zero-order valence-corrected chi connectivity index (χ0v) is 10.9. The van der Waals surface area contributed by atoms with E-state index in [0.29, 0.717) is 16.7 Å². The lowest BCUT2D eigenvalue weighted by Gasteiger charge is -1.98. The molecular formula is C17H11NO2. The van der Waals surface area contributed by atoms with E-state index in [1.165, 1.54) is 7.11 Å². The first kappa shape index (κ1) is 13.4. The second kappa shape index (κ2) is 6.22. The summed E-state index contributed by atoms with van der Waals surface area (Å²) in [7, 11) is 1.34. The average molecular weight is 261 g/mol. The van der Waals surface area contributed by atoms with Gasteiger partial charge in [-0.1, -0.05) is 24.0 Å². The molecule has 0 spiro atoms. The summed E-state index contributed by atoms with van der Waals surface area (Å²) in [6.07, 6.45) is 0. The Morgan fingerprint density at radius 1 is 1.00 bits per heavy atom. The van der Waals surface area contributed by atoms with Crippen molar-refractivity contribution in [2.75, 3.05) is 7.11 Å². The van der Waals surface area contributed by atoms with Gasteiger partial charge >= 0.3 is 5.97 Å². The minimum Gasteiger partial charge on any atom is -0.465 e. The third kappa shape index (κ3) is 3.04. The van der Waals surface area contributed by atoms with Crippen molar-refractivity contribution < 1.29 is 9.53 Å². The highest BCUT2D eigenvalue weighted by atomic mass is 16.5. The van der Waals surface area contributed by atoms with E-state index in [9.17, 15) is 4.79 Å². The van der Waals surface area contributed by atoms with E-state index < -0.39 is 0 Å². The van der Waals surface area contributed by atoms with Crippen LogP contribution in [-0.2, 0) is 4.74 Å². The van der Waals surface area contributed by atoms with Gasteiger partial charge in [-0.25, -0.2) is 4.79 Å². The molecule has 0 atom stereocenters. The van der Waals surface area contributed by atoms with Crippen molar-refractivity contribution in [1.82, 2.24) is 0 Å². The van der Waals surface area contributed by atoms with E-state index in [4.69, 9.17) is 5.26 Å². The highest BCUT2D eigenvalue weighted by molar-refractivity contribution is 5.89. The fourth-order valence-corrected chi connectivity index (χ4v) is 1.64. The molecular weight excluding hydrogens is 250 g/mol. The number of methoxy groups -OCH3 is 1. The predicted octanol–water partition coefficient (Wildman–Crippen LogP) is 2.74. The minimum absolute atomic E-state index is 0.376. The van der Waals surface area contributed by atoms with Crippen LogP contribution in [0.4, 0.5) is 0 Å². The molecule has 0 aliphatic rings. The van der Waals surface area contributed by atoms with Crippen LogP contribution >= 0.6 is 0 Å². The summed E-state index contributed by atoms with van der Waals surface area (Å²) >= 11 is 0. The summed E-state index contributed by atoms with van der Waals surface area (Å²) in [5, 5.41) is 8.97. The lowest BCUT2D eigenvalue weighted by molar-refractivity contribution is 0.0601. The Morgan fingerprint density at radius 2 is 1.65 bits per heavy atom. The fraction of sp³-hybridized carbons (Fsp3) is 0.0588. The Balaban J connectivity index is 2.26. The first-order valence-electron chi connectivity index (χ1n) is 5.94. The zero-order valence-electron chi connectivity index (χ0n) is 10.9. The zero-order chi connectivity index (χ0) is 14.4. The van der Waals surface area contributed by atoms with Crippen LogP contribution in [0.5, 0.6) is 0 Å². The van der Waals surface area contributed by atoms with Gasteiger partial charge < -0.3 is 4.74 Å². The maximum atomic E-state index is 11.3. The number of carbonyl (C=O) groups excluding carboxylic acids is 1. The third-order valence-corrected chi connectivity index (χ3v) is 2.70. The van der Waals surface area contributed by atoms with Crippen molar-refractivity contribution in [3.05, 3.63) is 70.8 Å². The smallest absolute Gasteiger partial charge is 0.337 e. The van der Waals surface area contributed by atoms with Gasteiger partial charge in [-0.05, 0) is 36.4 Å². The number of ether oxygens (including phenoxy) is 1. The Bertz CT molecular complexity index is 728. The molecule has 0 amide bonds. The summed E-state index contributed by atoms with van der Waals surface area (Å²) < 4.78 is 4.62. The topological polar surface area (TPSA) is 50.1 Å². The Labute approximate surface area is 117 Å². The molecule has 0 fully saturated rings. The highest BCUT2D eigenvalue weighted by Crippen LogP contribution is 2.07. The van der Waals surface area contributed by atoms with Crippen molar-refractivity contribution >= 4 is 5.97 Å². The van der Waals surface area contributed by atoms with E-state index in [1.807, 2.05) is 6.07 Å². The molecule has 0 heterocycles. The van der Waals surface area contributed by atoms with E-state index >= 15 is 0 Å². The van der Waals surface area contributed by atoms with Gasteiger partial charge in [-0.2, -0.15) is 5.26 Å². The molecule has 0 N–H and O–H groups in total. The van der Waals surface area contributed by atoms with Crippen LogP contribution in [-0.4, -0.2) is 13.1 Å². The van der Waals surface area contributed by atoms with E-state index in [1.54, 1.807) is 42.5 Å². The highest BCUT2D eigenvalue weighted by Gasteiger charge is 2.03. The van der Waals surface area contributed by atoms with Gasteiger partial charge in [0.15, 0.2) is 0 Å². The standard InChI is InChI=1S/C17H11NO2/c1-20-17(19)15-10-7-13(8-11-15)6-9-14-4-2-3-5-16(14)12-18/h2-5,7-8,10-11H,1H3. The number of rotatable bonds is 1. The molecule has 0 radical (unpaired) electrons. The number of hydrogen-bond donors (Lipinski definition) is 0. The first-order chi connectivity index (χ1) is 9.74. The number of carbonyl (C=O) groups is 1. The van der Waals surface area contributed by atoms with Gasteiger partial charge in [-0.3, -0.25) is 0 Å². The molecule has 2 aromatic carbocycles. The molecule has 0 aromatic heterocycles. The molecule has 0 saturated carbocycles. The van der Waals surface area contributed by atoms with Crippen LogP contribution in [0.1, 0.15) is 27.0 Å². The van der Waals surface area contributed by atoms with Crippen LogP contribution < -0.4 is 0 Å². The molecule has 0 saturated heterocycles. The van der Waals surface area contributed by atoms with Crippen molar-refractivity contribution in [3.8, 4) is 17.9 Å². The summed E-state index contributed by atoms with van der Waals surface area (Å²) in [6.45, 7) is 0. The van der Waals surface area contributed by atoms with Gasteiger partial charge in [0.1, 0.15) is 6.07 Å². The summed E-state index contributed by atoms with van der Waals surface area (Å²) in [5.41, 5.74) is 2.49. The second-order valence-electron chi connectivity index (χ2n) is 3.98. The van der Waals surface area contributed by atoms with Crippen LogP contribution in [0.3, 0.4) is 0 Å². The lowest BCUT2D eigenvalue weighted by atomic mass is 10.1. The van der Waals surface area contributed by atoms with Crippen molar-refractivity contribution in [2.24, 2.45) is 0 Å². The number of nitrogens with zero attached hydrogens (tertiary/aromatic N) is 1. The number of benzene rings is 2. The molecule has 3 heteroatoms. The van der Waals surface area contributed by atoms with E-state index in [0.717, 1.165) is 5.56 Å². The summed E-state index contributed by atoms with van der Waals surface area (Å²) in [6, 6.07) is 16.1. The van der Waals surface area contributed by atoms with Crippen molar-refractivity contribution in [2.45, 2.75) is 0 Å². The molecule has 3 nitrogen and oxygen atoms in total. The minimum atomic E-state index is -0.376. The molecule has 2 rings (SSSR count). The maximum Gasteiger partial charge on any atom is 0.337 e. The van der Waals surface area contributed by atoms with Gasteiger partial charge in [0.05, 0.1) is 18.2 Å². The van der Waals surface area contributed by atoms with Crippen molar-refractivity contribution in [1.29, 1.82) is 5.26 Å². The van der Waals surface area contributed by atoms with Crippen LogP contribution in [0.15, 0.2) is 48.5 Å². The van der Waals surface area contributed by atoms with Crippen LogP contribution in [0, 0.1) is 23.2 Å². The maximum absolute atomic E-state index is 11.3. The Hall–Kier alpha value is -3.04. The van der Waals surface area contributed by atoms with Crippen LogP contribution in [0.2, 0.25) is 0 Å². The Morgan fingerprint density at radius 3 is 2.25 bits per heavy atom. The van der Waals surface area contributed by atoms with E-state index in [2.05, 4.69) is 22.6 Å². The van der Waals surface area contributed by atoms with Crippen LogP contribution in [0.25, 0.3) is 0 Å². The predicted molar refractivity (Wildman–Crippen MR) is 74.9 cm³/mol. The molecule has 0 aliphatic carbocycles. The Kier molecular flexibility index (Phi) is 4.17. The molecule has 0 aliphatic heterocycles. The fourth-order valence-electron chi connectivity index (χ4n) is 1.64. The molecule has 2 aromatic rings. The number of esters is 1. The number of nitriles is 1. The van der Waals surface area contributed by atoms with Gasteiger partial charge in [0, 0.05) is 11.1 Å². The summed E-state index contributed by atoms with van der Waals surface area (Å²) in [5.74, 6) is 5.55. The third-order valence-electron chi connectivity index (χ3n) is 2.70. The molecule has 0 unspecified atom stereocenters. The quantitative estimate of drug-likeness (QED) is 0.586. The van der Waals surface area contributed by atoms with Gasteiger partial charge in [0.2, 0.25) is 0 Å². The normalized spacial score (nSPS) is 9.00. The molecule has 96 valence electrons. The lowest BCUT2D eigenvalue weighted by Crippen LogP contribution is -2.00. The van der Waals surface area contributed by atoms with E-state index in [-0.39, 0.29) is 5.97 Å². The monoisotopic (exact) mass is 261 g/mol. The molecule has 0 bridgehead atoms. The van der Waals surface area contributed by atoms with Gasteiger partial charge in [0.25, 0.3) is 0 Å². The number of hydrogen-bond acceptors (Lipinski definition) is 3. The SMILES string of the molecule is COC(=O)c1ccc(C#Cc2ccccc2C#N)cc1. The molecule has 20 heavy (non-hydrogen) atoms. The second-order valence-corrected chi connectivity index (χ2v) is 3.98. The largest absolute Gasteiger partial charge is 0.465 e. The van der Waals surface area contributed by atoms with Gasteiger partial charge in [-0.15, -0.1) is 0 Å². The first-order valence-corrected chi connectivity index (χ1v) is 5.94. The summed E-state index contributed by atoms with van der Waals surface area (Å²) in [4.78, 5) is 11.3. The average Bonchev–Trinajstić information content (AvgIpc) is 2.53. The van der Waals surface area contributed by atoms with Crippen molar-refractivity contribution in [3.63, 3.8) is 0 Å².